The van der Waals surface area contributed by atoms with Crippen molar-refractivity contribution in [2.24, 2.45) is 0 Å². The van der Waals surface area contributed by atoms with Gasteiger partial charge in [-0.05, 0) is 63.3 Å². The molecule has 5 nitrogen and oxygen atoms in total. The molecule has 1 aliphatic rings. The molecule has 1 amide bonds. The van der Waals surface area contributed by atoms with Crippen molar-refractivity contribution in [2.45, 2.75) is 39.0 Å². The minimum atomic E-state index is -0.319. The molecule has 1 aliphatic carbocycles. The molecule has 1 aromatic carbocycles. The predicted molar refractivity (Wildman–Crippen MR) is 98.2 cm³/mol. The average Bonchev–Trinajstić information content (AvgIpc) is 3.07. The van der Waals surface area contributed by atoms with Gasteiger partial charge in [0.2, 0.25) is 0 Å². The average molecular weight is 357 g/mol. The fourth-order valence-electron chi connectivity index (χ4n) is 3.05. The van der Waals surface area contributed by atoms with Crippen LogP contribution in [0.4, 0.5) is 4.39 Å². The van der Waals surface area contributed by atoms with Crippen molar-refractivity contribution in [3.05, 3.63) is 53.6 Å². The molecule has 1 N–H and O–H groups in total. The molecule has 1 heterocycles. The number of nitrogens with one attached hydrogen (secondary N) is 1. The van der Waals surface area contributed by atoms with Gasteiger partial charge in [-0.2, -0.15) is 5.10 Å². The van der Waals surface area contributed by atoms with Gasteiger partial charge >= 0.3 is 0 Å². The molecule has 2 aromatic rings. The van der Waals surface area contributed by atoms with E-state index >= 15 is 0 Å². The van der Waals surface area contributed by atoms with E-state index in [2.05, 4.69) is 16.5 Å². The van der Waals surface area contributed by atoms with Gasteiger partial charge in [0.1, 0.15) is 5.82 Å². The first-order chi connectivity index (χ1) is 12.7. The molecule has 0 atom stereocenters. The molecule has 0 saturated heterocycles. The van der Waals surface area contributed by atoms with Gasteiger partial charge in [-0.15, -0.1) is 0 Å². The molecule has 0 unspecified atom stereocenters. The molecule has 0 aliphatic heterocycles. The quantitative estimate of drug-likeness (QED) is 0.761. The van der Waals surface area contributed by atoms with Crippen LogP contribution in [0.15, 0.2) is 42.1 Å². The number of ether oxygens (including phenoxy) is 1. The van der Waals surface area contributed by atoms with Crippen molar-refractivity contribution >= 4 is 5.91 Å². The summed E-state index contributed by atoms with van der Waals surface area (Å²) in [6.45, 7) is 2.87. The van der Waals surface area contributed by atoms with Crippen LogP contribution in [0.25, 0.3) is 5.69 Å². The van der Waals surface area contributed by atoms with Gasteiger partial charge in [-0.3, -0.25) is 4.79 Å². The molecule has 138 valence electrons. The summed E-state index contributed by atoms with van der Waals surface area (Å²) >= 11 is 0. The van der Waals surface area contributed by atoms with Crippen LogP contribution in [-0.4, -0.2) is 28.8 Å². The fraction of sp³-hybridized carbons (Fsp3) is 0.400. The normalized spacial score (nSPS) is 14.0. The van der Waals surface area contributed by atoms with Gasteiger partial charge in [0.25, 0.3) is 5.91 Å². The Balaban J connectivity index is 1.69. The minimum Gasteiger partial charge on any atom is -0.490 e. The number of hydrogen-bond donors (Lipinski definition) is 1. The summed E-state index contributed by atoms with van der Waals surface area (Å²) in [6.07, 6.45) is 9.55. The molecule has 0 bridgehead atoms. The van der Waals surface area contributed by atoms with E-state index in [0.29, 0.717) is 24.6 Å². The SMILES string of the molecule is CCOc1cn(-c2ccc(F)cc2)nc1C(=O)NCCC1=CCCCC1. The van der Waals surface area contributed by atoms with E-state index in [1.807, 2.05) is 6.92 Å². The Labute approximate surface area is 152 Å². The fourth-order valence-corrected chi connectivity index (χ4v) is 3.05. The second-order valence-electron chi connectivity index (χ2n) is 6.31. The molecule has 0 spiro atoms. The predicted octanol–water partition coefficient (Wildman–Crippen LogP) is 4.03. The first-order valence-corrected chi connectivity index (χ1v) is 9.12. The smallest absolute Gasteiger partial charge is 0.275 e. The topological polar surface area (TPSA) is 56.2 Å². The van der Waals surface area contributed by atoms with Crippen molar-refractivity contribution in [3.8, 4) is 11.4 Å². The minimum absolute atomic E-state index is 0.244. The summed E-state index contributed by atoms with van der Waals surface area (Å²) in [5.74, 6) is -0.155. The highest BCUT2D eigenvalue weighted by Gasteiger charge is 2.18. The molecule has 0 saturated carbocycles. The highest BCUT2D eigenvalue weighted by Crippen LogP contribution is 2.21. The van der Waals surface area contributed by atoms with Gasteiger partial charge < -0.3 is 10.1 Å². The molecule has 6 heteroatoms. The van der Waals surface area contributed by atoms with Crippen molar-refractivity contribution in [2.75, 3.05) is 13.2 Å². The highest BCUT2D eigenvalue weighted by molar-refractivity contribution is 5.94. The number of aromatic nitrogens is 2. The molecular weight excluding hydrogens is 333 g/mol. The third kappa shape index (κ3) is 4.50. The van der Waals surface area contributed by atoms with Gasteiger partial charge in [-0.25, -0.2) is 9.07 Å². The summed E-state index contributed by atoms with van der Waals surface area (Å²) in [7, 11) is 0. The molecule has 26 heavy (non-hydrogen) atoms. The third-order valence-electron chi connectivity index (χ3n) is 4.40. The van der Waals surface area contributed by atoms with E-state index in [-0.39, 0.29) is 17.4 Å². The van der Waals surface area contributed by atoms with Crippen LogP contribution in [0, 0.1) is 5.82 Å². The monoisotopic (exact) mass is 357 g/mol. The van der Waals surface area contributed by atoms with Crippen LogP contribution in [0.1, 0.15) is 49.5 Å². The first kappa shape index (κ1) is 18.2. The first-order valence-electron chi connectivity index (χ1n) is 9.12. The van der Waals surface area contributed by atoms with E-state index in [0.717, 1.165) is 19.3 Å². The summed E-state index contributed by atoms with van der Waals surface area (Å²) in [5.41, 5.74) is 2.32. The van der Waals surface area contributed by atoms with Crippen molar-refractivity contribution in [3.63, 3.8) is 0 Å². The van der Waals surface area contributed by atoms with Crippen LogP contribution in [0.5, 0.6) is 5.75 Å². The summed E-state index contributed by atoms with van der Waals surface area (Å²) in [6, 6.07) is 5.93. The number of allylic oxidation sites excluding steroid dienone is 1. The number of nitrogens with zero attached hydrogens (tertiary/aromatic N) is 2. The van der Waals surface area contributed by atoms with E-state index in [1.54, 1.807) is 18.3 Å². The van der Waals surface area contributed by atoms with E-state index in [4.69, 9.17) is 4.74 Å². The second-order valence-corrected chi connectivity index (χ2v) is 6.31. The number of halogens is 1. The van der Waals surface area contributed by atoms with Crippen LogP contribution < -0.4 is 10.1 Å². The van der Waals surface area contributed by atoms with Crippen LogP contribution in [0.2, 0.25) is 0 Å². The molecular formula is C20H24FN3O2. The lowest BCUT2D eigenvalue weighted by Gasteiger charge is -2.12. The Hall–Kier alpha value is -2.63. The van der Waals surface area contributed by atoms with Gasteiger partial charge in [0.05, 0.1) is 18.5 Å². The van der Waals surface area contributed by atoms with Crippen molar-refractivity contribution in [1.82, 2.24) is 15.1 Å². The van der Waals surface area contributed by atoms with Crippen LogP contribution in [0.3, 0.4) is 0 Å². The molecule has 0 fully saturated rings. The van der Waals surface area contributed by atoms with Gasteiger partial charge in [0.15, 0.2) is 11.4 Å². The zero-order chi connectivity index (χ0) is 18.4. The maximum atomic E-state index is 13.1. The zero-order valence-corrected chi connectivity index (χ0v) is 15.0. The summed E-state index contributed by atoms with van der Waals surface area (Å²) in [4.78, 5) is 12.5. The van der Waals surface area contributed by atoms with Crippen LogP contribution >= 0.6 is 0 Å². The number of carbonyl (C=O) groups excluding carboxylic acids is 1. The van der Waals surface area contributed by atoms with E-state index < -0.39 is 0 Å². The summed E-state index contributed by atoms with van der Waals surface area (Å²) in [5, 5.41) is 7.26. The maximum Gasteiger partial charge on any atom is 0.275 e. The molecule has 0 radical (unpaired) electrons. The number of rotatable bonds is 7. The van der Waals surface area contributed by atoms with E-state index in [1.165, 1.54) is 35.2 Å². The van der Waals surface area contributed by atoms with Crippen LogP contribution in [-0.2, 0) is 0 Å². The Bertz CT molecular complexity index is 781. The Morgan fingerprint density at radius 1 is 1.31 bits per heavy atom. The largest absolute Gasteiger partial charge is 0.490 e. The number of hydrogen-bond acceptors (Lipinski definition) is 3. The highest BCUT2D eigenvalue weighted by atomic mass is 19.1. The second kappa shape index (κ2) is 8.65. The van der Waals surface area contributed by atoms with Gasteiger partial charge in [0, 0.05) is 6.54 Å². The zero-order valence-electron chi connectivity index (χ0n) is 15.0. The maximum absolute atomic E-state index is 13.1. The lowest BCUT2D eigenvalue weighted by atomic mass is 9.97. The third-order valence-corrected chi connectivity index (χ3v) is 4.40. The molecule has 3 rings (SSSR count). The number of benzene rings is 1. The van der Waals surface area contributed by atoms with Crippen molar-refractivity contribution < 1.29 is 13.9 Å². The summed E-state index contributed by atoms with van der Waals surface area (Å²) < 4.78 is 20.2. The number of carbonyl (C=O) groups is 1. The molecule has 1 aromatic heterocycles. The Morgan fingerprint density at radius 3 is 2.81 bits per heavy atom. The van der Waals surface area contributed by atoms with E-state index in [9.17, 15) is 9.18 Å². The Kier molecular flexibility index (Phi) is 6.04. The lowest BCUT2D eigenvalue weighted by molar-refractivity contribution is 0.0945. The lowest BCUT2D eigenvalue weighted by Crippen LogP contribution is -2.26. The standard InChI is InChI=1S/C20H24FN3O2/c1-2-26-18-14-24(17-10-8-16(21)9-11-17)23-19(18)20(25)22-13-12-15-6-4-3-5-7-15/h6,8-11,14H,2-5,7,12-13H2,1H3,(H,22,25). The number of amides is 1. The van der Waals surface area contributed by atoms with Gasteiger partial charge in [-0.1, -0.05) is 11.6 Å². The Morgan fingerprint density at radius 2 is 2.12 bits per heavy atom. The van der Waals surface area contributed by atoms with Crippen molar-refractivity contribution in [1.29, 1.82) is 0 Å².